The van der Waals surface area contributed by atoms with Crippen LogP contribution < -0.4 is 4.90 Å². The highest BCUT2D eigenvalue weighted by Gasteiger charge is 2.32. The molecule has 2 aromatic carbocycles. The normalized spacial score (nSPS) is 19.2. The number of anilines is 1. The topological polar surface area (TPSA) is 83.1 Å². The Bertz CT molecular complexity index is 1430. The van der Waals surface area contributed by atoms with Crippen molar-refractivity contribution in [3.05, 3.63) is 53.1 Å². The summed E-state index contributed by atoms with van der Waals surface area (Å²) in [6.45, 7) is 11.4. The van der Waals surface area contributed by atoms with Gasteiger partial charge in [-0.1, -0.05) is 30.7 Å². The second-order valence-corrected chi connectivity index (χ2v) is 13.8. The molecule has 0 N–H and O–H groups in total. The highest BCUT2D eigenvalue weighted by molar-refractivity contribution is 7.89. The molecule has 1 atom stereocenters. The Morgan fingerprint density at radius 2 is 1.85 bits per heavy atom. The molecule has 2 aliphatic rings. The van der Waals surface area contributed by atoms with Gasteiger partial charge in [-0.15, -0.1) is 0 Å². The summed E-state index contributed by atoms with van der Waals surface area (Å²) in [6, 6.07) is 10.7. The van der Waals surface area contributed by atoms with Crippen LogP contribution >= 0.6 is 11.3 Å². The van der Waals surface area contributed by atoms with Crippen molar-refractivity contribution in [1.29, 1.82) is 0 Å². The molecule has 216 valence electrons. The van der Waals surface area contributed by atoms with Crippen molar-refractivity contribution < 1.29 is 17.9 Å². The maximum Gasteiger partial charge on any atom is 0.260 e. The Hall–Kier alpha value is -2.37. The maximum absolute atomic E-state index is 13.9. The van der Waals surface area contributed by atoms with Crippen molar-refractivity contribution in [2.45, 2.75) is 63.8 Å². The molecule has 8 nitrogen and oxygen atoms in total. The number of hydrogen-bond acceptors (Lipinski definition) is 7. The molecule has 5 rings (SSSR count). The minimum Gasteiger partial charge on any atom is -0.379 e. The molecule has 1 amide bonds. The van der Waals surface area contributed by atoms with Crippen molar-refractivity contribution >= 4 is 42.6 Å². The molecule has 2 aliphatic heterocycles. The summed E-state index contributed by atoms with van der Waals surface area (Å²) < 4.78 is 35.1. The van der Waals surface area contributed by atoms with Gasteiger partial charge < -0.3 is 4.74 Å². The molecule has 0 bridgehead atoms. The zero-order valence-corrected chi connectivity index (χ0v) is 25.4. The molecule has 40 heavy (non-hydrogen) atoms. The van der Waals surface area contributed by atoms with Gasteiger partial charge in [0.25, 0.3) is 5.91 Å². The first kappa shape index (κ1) is 29.1. The van der Waals surface area contributed by atoms with Gasteiger partial charge in [0.05, 0.1) is 28.3 Å². The Kier molecular flexibility index (Phi) is 9.21. The Labute approximate surface area is 242 Å². The van der Waals surface area contributed by atoms with E-state index in [1.54, 1.807) is 33.5 Å². The number of benzene rings is 2. The largest absolute Gasteiger partial charge is 0.379 e. The van der Waals surface area contributed by atoms with E-state index in [1.165, 1.54) is 11.3 Å². The Morgan fingerprint density at radius 3 is 2.58 bits per heavy atom. The third kappa shape index (κ3) is 6.26. The summed E-state index contributed by atoms with van der Waals surface area (Å²) in [5.74, 6) is -0.163. The van der Waals surface area contributed by atoms with E-state index in [0.29, 0.717) is 23.8 Å². The smallest absolute Gasteiger partial charge is 0.260 e. The predicted octanol–water partition coefficient (Wildman–Crippen LogP) is 5.24. The van der Waals surface area contributed by atoms with Crippen LogP contribution in [-0.2, 0) is 14.8 Å². The number of carbonyl (C=O) groups excluding carboxylic acids is 1. The van der Waals surface area contributed by atoms with Crippen LogP contribution in [0.2, 0.25) is 0 Å². The third-order valence-corrected chi connectivity index (χ3v) is 11.2. The first-order valence-electron chi connectivity index (χ1n) is 14.4. The molecule has 0 spiro atoms. The van der Waals surface area contributed by atoms with Crippen LogP contribution in [0.4, 0.5) is 5.13 Å². The lowest BCUT2D eigenvalue weighted by Crippen LogP contribution is -2.43. The summed E-state index contributed by atoms with van der Waals surface area (Å²) in [6.07, 6.45) is 4.44. The summed E-state index contributed by atoms with van der Waals surface area (Å²) in [5, 5.41) is 0.673. The second-order valence-electron chi connectivity index (χ2n) is 10.9. The number of morpholine rings is 1. The van der Waals surface area contributed by atoms with Crippen molar-refractivity contribution in [2.75, 3.05) is 50.8 Å². The maximum atomic E-state index is 13.9. The number of piperidine rings is 1. The highest BCUT2D eigenvalue weighted by atomic mass is 32.2. The summed E-state index contributed by atoms with van der Waals surface area (Å²) in [7, 11) is -3.61. The number of rotatable bonds is 9. The molecule has 0 radical (unpaired) electrons. The fourth-order valence-corrected chi connectivity index (χ4v) is 8.61. The molecule has 2 fully saturated rings. The van der Waals surface area contributed by atoms with Gasteiger partial charge in [-0.25, -0.2) is 13.4 Å². The van der Waals surface area contributed by atoms with E-state index >= 15 is 0 Å². The predicted molar refractivity (Wildman–Crippen MR) is 161 cm³/mol. The van der Waals surface area contributed by atoms with E-state index in [1.807, 2.05) is 6.92 Å². The molecular formula is C30H40N4O4S2. The number of ether oxygens (including phenoxy) is 1. The Balaban J connectivity index is 1.39. The van der Waals surface area contributed by atoms with Crippen LogP contribution in [0.25, 0.3) is 10.2 Å². The van der Waals surface area contributed by atoms with Crippen molar-refractivity contribution in [2.24, 2.45) is 0 Å². The number of thiazole rings is 1. The van der Waals surface area contributed by atoms with Crippen molar-refractivity contribution in [3.63, 3.8) is 0 Å². The number of hydrogen-bond donors (Lipinski definition) is 0. The lowest BCUT2D eigenvalue weighted by Gasteiger charge is -2.34. The van der Waals surface area contributed by atoms with Crippen LogP contribution in [0.1, 0.15) is 60.5 Å². The summed E-state index contributed by atoms with van der Waals surface area (Å²) >= 11 is 1.54. The molecule has 2 saturated heterocycles. The molecular weight excluding hydrogens is 544 g/mol. The fraction of sp³-hybridized carbons (Fsp3) is 0.533. The summed E-state index contributed by atoms with van der Waals surface area (Å²) in [5.41, 5.74) is 3.65. The second kappa shape index (κ2) is 12.7. The average molecular weight is 585 g/mol. The van der Waals surface area contributed by atoms with Crippen molar-refractivity contribution in [1.82, 2.24) is 14.2 Å². The number of carbonyl (C=O) groups is 1. The van der Waals surface area contributed by atoms with Gasteiger partial charge >= 0.3 is 0 Å². The van der Waals surface area contributed by atoms with Gasteiger partial charge in [-0.3, -0.25) is 14.6 Å². The number of amides is 1. The zero-order valence-electron chi connectivity index (χ0n) is 23.8. The lowest BCUT2D eigenvalue weighted by molar-refractivity contribution is 0.0376. The fourth-order valence-electron chi connectivity index (χ4n) is 5.80. The van der Waals surface area contributed by atoms with Gasteiger partial charge in [0.15, 0.2) is 5.13 Å². The van der Waals surface area contributed by atoms with E-state index in [0.717, 1.165) is 86.3 Å². The number of sulfonamides is 1. The van der Waals surface area contributed by atoms with Gasteiger partial charge in [0.2, 0.25) is 10.0 Å². The minimum absolute atomic E-state index is 0.0353. The third-order valence-electron chi connectivity index (χ3n) is 8.00. The molecule has 1 unspecified atom stereocenters. The van der Waals surface area contributed by atoms with Crippen molar-refractivity contribution in [3.8, 4) is 0 Å². The lowest BCUT2D eigenvalue weighted by atomic mass is 10.0. The number of aryl methyl sites for hydroxylation is 2. The standard InChI is InChI=1S/C30H40N4O4S2/c1-4-25-8-5-6-15-34(25)40(36,37)26-11-9-24(10-12-26)29(35)33(14-7-13-32-16-18-38-19-17-32)30-31-27-21-22(2)20-23(3)28(27)39-30/h9-12,20-21,25H,4-8,13-19H2,1-3H3. The van der Waals surface area contributed by atoms with Gasteiger partial charge in [-0.2, -0.15) is 4.31 Å². The first-order valence-corrected chi connectivity index (χ1v) is 16.6. The number of nitrogens with zero attached hydrogens (tertiary/aromatic N) is 4. The van der Waals surface area contributed by atoms with Gasteiger partial charge in [0.1, 0.15) is 0 Å². The van der Waals surface area contributed by atoms with Crippen LogP contribution in [0.15, 0.2) is 41.3 Å². The average Bonchev–Trinajstić information content (AvgIpc) is 3.39. The monoisotopic (exact) mass is 584 g/mol. The van der Waals surface area contributed by atoms with Crippen LogP contribution in [0.3, 0.4) is 0 Å². The van der Waals surface area contributed by atoms with Crippen LogP contribution in [0.5, 0.6) is 0 Å². The van der Waals surface area contributed by atoms with Gasteiger partial charge in [-0.05, 0) is 81.0 Å². The van der Waals surface area contributed by atoms with Crippen LogP contribution in [-0.4, -0.2) is 80.5 Å². The van der Waals surface area contributed by atoms with Gasteiger partial charge in [0, 0.05) is 44.3 Å². The molecule has 3 heterocycles. The number of fused-ring (bicyclic) bond motifs is 1. The molecule has 1 aromatic heterocycles. The van der Waals surface area contributed by atoms with Crippen LogP contribution in [0, 0.1) is 13.8 Å². The van der Waals surface area contributed by atoms with E-state index in [2.05, 4.69) is 30.9 Å². The zero-order chi connectivity index (χ0) is 28.3. The van der Waals surface area contributed by atoms with E-state index in [4.69, 9.17) is 9.72 Å². The quantitative estimate of drug-likeness (QED) is 0.342. The molecule has 0 saturated carbocycles. The highest BCUT2D eigenvalue weighted by Crippen LogP contribution is 2.33. The molecule has 3 aromatic rings. The summed E-state index contributed by atoms with van der Waals surface area (Å²) in [4.78, 5) is 23.2. The van der Waals surface area contributed by atoms with E-state index < -0.39 is 10.0 Å². The molecule has 0 aliphatic carbocycles. The minimum atomic E-state index is -3.61. The Morgan fingerprint density at radius 1 is 1.10 bits per heavy atom. The van der Waals surface area contributed by atoms with E-state index in [9.17, 15) is 13.2 Å². The number of aromatic nitrogens is 1. The van der Waals surface area contributed by atoms with E-state index in [-0.39, 0.29) is 16.8 Å². The molecule has 10 heteroatoms. The SMILES string of the molecule is CCC1CCCCN1S(=O)(=O)c1ccc(C(=O)N(CCCN2CCOCC2)c2nc3cc(C)cc(C)c3s2)cc1. The first-order chi connectivity index (χ1) is 19.3.